The fraction of sp³-hybridized carbons (Fsp3) is 0.462. The van der Waals surface area contributed by atoms with Gasteiger partial charge in [0.2, 0.25) is 0 Å². The molecule has 2 aromatic carbocycles. The fourth-order valence-electron chi connectivity index (χ4n) is 3.68. The minimum Gasteiger partial charge on any atom is -0.497 e. The molecule has 0 saturated heterocycles. The number of benzene rings is 2. The Labute approximate surface area is 182 Å². The predicted octanol–water partition coefficient (Wildman–Crippen LogP) is 5.91. The molecule has 4 heteroatoms. The second-order valence-corrected chi connectivity index (χ2v) is 7.62. The number of rotatable bonds is 13. The molecule has 0 heterocycles. The van der Waals surface area contributed by atoms with E-state index >= 15 is 0 Å². The molecule has 2 rings (SSSR count). The van der Waals surface area contributed by atoms with Crippen molar-refractivity contribution in [2.24, 2.45) is 0 Å². The number of unbranched alkanes of at least 4 members (excludes halogenated alkanes) is 1. The summed E-state index contributed by atoms with van der Waals surface area (Å²) in [5.41, 5.74) is 2.16. The van der Waals surface area contributed by atoms with Crippen molar-refractivity contribution >= 4 is 12.2 Å². The van der Waals surface area contributed by atoms with Gasteiger partial charge in [-0.3, -0.25) is 0 Å². The maximum absolute atomic E-state index is 5.94. The minimum absolute atomic E-state index is 0.774. The number of hydrogen-bond acceptors (Lipinski definition) is 3. The van der Waals surface area contributed by atoms with Crippen LogP contribution in [0.2, 0.25) is 0 Å². The summed E-state index contributed by atoms with van der Waals surface area (Å²) in [5, 5.41) is 0. The molecule has 30 heavy (non-hydrogen) atoms. The van der Waals surface area contributed by atoms with Crippen LogP contribution in [0.3, 0.4) is 0 Å². The Bertz CT molecular complexity index is 749. The SMILES string of the molecule is CC[N+](CC)(CC)CCCCOc1ccc(C=Cc2cc(OC)cc(OC)c2)cc1. The Balaban J connectivity index is 1.83. The van der Waals surface area contributed by atoms with E-state index in [4.69, 9.17) is 14.2 Å². The second-order valence-electron chi connectivity index (χ2n) is 7.62. The van der Waals surface area contributed by atoms with Crippen LogP contribution >= 0.6 is 0 Å². The average Bonchev–Trinajstić information content (AvgIpc) is 2.81. The summed E-state index contributed by atoms with van der Waals surface area (Å²) in [6, 6.07) is 14.1. The second kappa shape index (κ2) is 12.3. The smallest absolute Gasteiger partial charge is 0.123 e. The van der Waals surface area contributed by atoms with Crippen LogP contribution in [0.1, 0.15) is 44.7 Å². The van der Waals surface area contributed by atoms with Crippen molar-refractivity contribution in [1.29, 1.82) is 0 Å². The average molecular weight is 413 g/mol. The van der Waals surface area contributed by atoms with Gasteiger partial charge in [-0.15, -0.1) is 0 Å². The molecule has 0 fully saturated rings. The monoisotopic (exact) mass is 412 g/mol. The van der Waals surface area contributed by atoms with Gasteiger partial charge in [-0.25, -0.2) is 0 Å². The maximum atomic E-state index is 5.94. The Morgan fingerprint density at radius 1 is 0.700 bits per heavy atom. The van der Waals surface area contributed by atoms with E-state index < -0.39 is 0 Å². The molecule has 0 N–H and O–H groups in total. The highest BCUT2D eigenvalue weighted by Gasteiger charge is 2.19. The Morgan fingerprint density at radius 2 is 1.27 bits per heavy atom. The van der Waals surface area contributed by atoms with Gasteiger partial charge in [0.15, 0.2) is 0 Å². The van der Waals surface area contributed by atoms with E-state index in [-0.39, 0.29) is 0 Å². The number of methoxy groups -OCH3 is 2. The van der Waals surface area contributed by atoms with Gasteiger partial charge in [0, 0.05) is 6.07 Å². The summed E-state index contributed by atoms with van der Waals surface area (Å²) in [6.45, 7) is 12.5. The fourth-order valence-corrected chi connectivity index (χ4v) is 3.68. The van der Waals surface area contributed by atoms with Crippen LogP contribution in [0, 0.1) is 0 Å². The van der Waals surface area contributed by atoms with Crippen LogP contribution in [-0.4, -0.2) is 51.5 Å². The first kappa shape index (κ1) is 23.8. The van der Waals surface area contributed by atoms with Crippen LogP contribution < -0.4 is 14.2 Å². The van der Waals surface area contributed by atoms with Crippen LogP contribution in [0.15, 0.2) is 42.5 Å². The molecule has 0 atom stereocenters. The predicted molar refractivity (Wildman–Crippen MR) is 126 cm³/mol. The van der Waals surface area contributed by atoms with Crippen molar-refractivity contribution in [2.75, 3.05) is 47.0 Å². The van der Waals surface area contributed by atoms with Crippen LogP contribution in [0.5, 0.6) is 17.2 Å². The van der Waals surface area contributed by atoms with Gasteiger partial charge in [0.25, 0.3) is 0 Å². The first-order valence-electron chi connectivity index (χ1n) is 11.1. The van der Waals surface area contributed by atoms with Crippen molar-refractivity contribution in [2.45, 2.75) is 33.6 Å². The highest BCUT2D eigenvalue weighted by atomic mass is 16.5. The first-order chi connectivity index (χ1) is 14.6. The largest absolute Gasteiger partial charge is 0.497 e. The van der Waals surface area contributed by atoms with Crippen LogP contribution in [0.4, 0.5) is 0 Å². The van der Waals surface area contributed by atoms with Gasteiger partial charge in [-0.05, 0) is 69.0 Å². The molecule has 0 unspecified atom stereocenters. The summed E-state index contributed by atoms with van der Waals surface area (Å²) in [7, 11) is 3.32. The van der Waals surface area contributed by atoms with Crippen molar-refractivity contribution < 1.29 is 18.7 Å². The van der Waals surface area contributed by atoms with E-state index in [0.29, 0.717) is 0 Å². The molecule has 0 spiro atoms. The highest BCUT2D eigenvalue weighted by molar-refractivity contribution is 5.71. The molecular weight excluding hydrogens is 374 g/mol. The lowest BCUT2D eigenvalue weighted by Gasteiger charge is -2.35. The molecule has 0 aliphatic heterocycles. The van der Waals surface area contributed by atoms with Crippen LogP contribution in [0.25, 0.3) is 12.2 Å². The van der Waals surface area contributed by atoms with Gasteiger partial charge >= 0.3 is 0 Å². The number of quaternary nitrogens is 1. The minimum atomic E-state index is 0.774. The number of hydrogen-bond donors (Lipinski definition) is 0. The van der Waals surface area contributed by atoms with Crippen molar-refractivity contribution in [3.05, 3.63) is 53.6 Å². The van der Waals surface area contributed by atoms with E-state index in [0.717, 1.165) is 41.4 Å². The molecule has 0 bridgehead atoms. The zero-order valence-electron chi connectivity index (χ0n) is 19.3. The molecule has 164 valence electrons. The summed E-state index contributed by atoms with van der Waals surface area (Å²) in [5.74, 6) is 2.49. The Hall–Kier alpha value is -2.46. The molecule has 4 nitrogen and oxygen atoms in total. The summed E-state index contributed by atoms with van der Waals surface area (Å²) in [4.78, 5) is 0. The lowest BCUT2D eigenvalue weighted by Crippen LogP contribution is -2.48. The van der Waals surface area contributed by atoms with E-state index in [1.54, 1.807) is 14.2 Å². The van der Waals surface area contributed by atoms with Gasteiger partial charge < -0.3 is 18.7 Å². The van der Waals surface area contributed by atoms with Crippen LogP contribution in [-0.2, 0) is 0 Å². The standard InChI is InChI=1S/C26H38NO3/c1-6-27(7-2,8-3)17-9-10-18-30-24-15-13-22(14-16-24)11-12-23-19-25(28-4)21-26(20-23)29-5/h11-16,19-21H,6-10,17-18H2,1-5H3/q+1. The lowest BCUT2D eigenvalue weighted by molar-refractivity contribution is -0.923. The van der Waals surface area contributed by atoms with Crippen molar-refractivity contribution in [3.8, 4) is 17.2 Å². The van der Waals surface area contributed by atoms with Gasteiger partial charge in [0.05, 0.1) is 47.0 Å². The third-order valence-corrected chi connectivity index (χ3v) is 6.03. The molecule has 0 aliphatic carbocycles. The zero-order chi connectivity index (χ0) is 21.8. The summed E-state index contributed by atoms with van der Waals surface area (Å²) >= 11 is 0. The lowest BCUT2D eigenvalue weighted by atomic mass is 10.1. The third kappa shape index (κ3) is 7.10. The zero-order valence-corrected chi connectivity index (χ0v) is 19.3. The van der Waals surface area contributed by atoms with Crippen molar-refractivity contribution in [1.82, 2.24) is 0 Å². The summed E-state index contributed by atoms with van der Waals surface area (Å²) in [6.07, 6.45) is 6.44. The van der Waals surface area contributed by atoms with E-state index in [1.807, 2.05) is 30.3 Å². The first-order valence-corrected chi connectivity index (χ1v) is 11.1. The Kier molecular flexibility index (Phi) is 9.75. The summed E-state index contributed by atoms with van der Waals surface area (Å²) < 4.78 is 17.8. The van der Waals surface area contributed by atoms with Gasteiger partial charge in [-0.1, -0.05) is 24.3 Å². The number of ether oxygens (including phenoxy) is 3. The molecule has 0 amide bonds. The van der Waals surface area contributed by atoms with E-state index in [1.165, 1.54) is 37.1 Å². The molecular formula is C26H38NO3+. The highest BCUT2D eigenvalue weighted by Crippen LogP contribution is 2.24. The Morgan fingerprint density at radius 3 is 1.80 bits per heavy atom. The number of nitrogens with zero attached hydrogens (tertiary/aromatic N) is 1. The molecule has 0 aromatic heterocycles. The van der Waals surface area contributed by atoms with E-state index in [9.17, 15) is 0 Å². The van der Waals surface area contributed by atoms with Gasteiger partial charge in [-0.2, -0.15) is 0 Å². The van der Waals surface area contributed by atoms with Gasteiger partial charge in [0.1, 0.15) is 17.2 Å². The third-order valence-electron chi connectivity index (χ3n) is 6.03. The topological polar surface area (TPSA) is 27.7 Å². The van der Waals surface area contributed by atoms with E-state index in [2.05, 4.69) is 45.1 Å². The molecule has 0 aliphatic rings. The normalized spacial score (nSPS) is 11.6. The molecule has 0 saturated carbocycles. The molecule has 0 radical (unpaired) electrons. The quantitative estimate of drug-likeness (QED) is 0.232. The maximum Gasteiger partial charge on any atom is 0.123 e. The molecule has 2 aromatic rings. The van der Waals surface area contributed by atoms with Crippen molar-refractivity contribution in [3.63, 3.8) is 0 Å².